The second-order valence-corrected chi connectivity index (χ2v) is 6.43. The lowest BCUT2D eigenvalue weighted by atomic mass is 10.0. The van der Waals surface area contributed by atoms with E-state index in [-0.39, 0.29) is 11.6 Å². The van der Waals surface area contributed by atoms with Crippen molar-refractivity contribution in [1.82, 2.24) is 15.1 Å². The molecule has 1 aliphatic heterocycles. The van der Waals surface area contributed by atoms with Crippen molar-refractivity contribution in [3.63, 3.8) is 0 Å². The first-order chi connectivity index (χ1) is 11.0. The maximum Gasteiger partial charge on any atom is 0.319 e. The number of hydrogen-bond acceptors (Lipinski definition) is 3. The lowest BCUT2D eigenvalue weighted by Crippen LogP contribution is -2.48. The zero-order chi connectivity index (χ0) is 16.4. The molecule has 1 aliphatic rings. The summed E-state index contributed by atoms with van der Waals surface area (Å²) in [4.78, 5) is 12.4. The molecule has 23 heavy (non-hydrogen) atoms. The fourth-order valence-electron chi connectivity index (χ4n) is 2.69. The third-order valence-electron chi connectivity index (χ3n) is 3.99. The van der Waals surface area contributed by atoms with Gasteiger partial charge in [-0.2, -0.15) is 5.10 Å². The Balaban J connectivity index is 1.81. The van der Waals surface area contributed by atoms with E-state index in [1.807, 2.05) is 45.2 Å². The molecule has 2 N–H and O–H groups in total. The van der Waals surface area contributed by atoms with Crippen molar-refractivity contribution < 1.29 is 9.53 Å². The van der Waals surface area contributed by atoms with Crippen LogP contribution in [0.25, 0.3) is 5.69 Å². The SMILES string of the molecule is Cc1ccc(-n2cc(C)cn2)c(NC(=O)N[C@@]2(C)CCOC2)c1. The molecule has 0 radical (unpaired) electrons. The van der Waals surface area contributed by atoms with Gasteiger partial charge in [0, 0.05) is 12.8 Å². The summed E-state index contributed by atoms with van der Waals surface area (Å²) in [6.45, 7) is 7.19. The molecule has 0 unspecified atom stereocenters. The Morgan fingerprint density at radius 2 is 2.17 bits per heavy atom. The topological polar surface area (TPSA) is 68.2 Å². The van der Waals surface area contributed by atoms with E-state index in [0.29, 0.717) is 13.2 Å². The van der Waals surface area contributed by atoms with Gasteiger partial charge in [0.05, 0.1) is 29.7 Å². The van der Waals surface area contributed by atoms with Crippen LogP contribution in [0, 0.1) is 13.8 Å². The molecule has 0 saturated carbocycles. The van der Waals surface area contributed by atoms with E-state index < -0.39 is 0 Å². The van der Waals surface area contributed by atoms with Crippen LogP contribution in [-0.4, -0.2) is 34.6 Å². The number of urea groups is 1. The number of carbonyl (C=O) groups excluding carboxylic acids is 1. The van der Waals surface area contributed by atoms with Gasteiger partial charge in [-0.15, -0.1) is 0 Å². The lowest BCUT2D eigenvalue weighted by molar-refractivity contribution is 0.172. The molecule has 0 bridgehead atoms. The number of ether oxygens (including phenoxy) is 1. The molecular weight excluding hydrogens is 292 g/mol. The number of aromatic nitrogens is 2. The highest BCUT2D eigenvalue weighted by Gasteiger charge is 2.31. The van der Waals surface area contributed by atoms with Crippen molar-refractivity contribution in [2.75, 3.05) is 18.5 Å². The van der Waals surface area contributed by atoms with Crippen molar-refractivity contribution in [3.05, 3.63) is 41.7 Å². The van der Waals surface area contributed by atoms with Crippen molar-refractivity contribution >= 4 is 11.7 Å². The number of carbonyl (C=O) groups is 1. The number of nitrogens with one attached hydrogen (secondary N) is 2. The zero-order valence-electron chi connectivity index (χ0n) is 13.7. The lowest BCUT2D eigenvalue weighted by Gasteiger charge is -2.24. The normalized spacial score (nSPS) is 20.5. The van der Waals surface area contributed by atoms with Gasteiger partial charge in [0.25, 0.3) is 0 Å². The van der Waals surface area contributed by atoms with Gasteiger partial charge in [-0.25, -0.2) is 9.48 Å². The number of nitrogens with zero attached hydrogens (tertiary/aromatic N) is 2. The number of rotatable bonds is 3. The number of hydrogen-bond donors (Lipinski definition) is 2. The van der Waals surface area contributed by atoms with E-state index >= 15 is 0 Å². The molecule has 0 aliphatic carbocycles. The Labute approximate surface area is 135 Å². The average Bonchev–Trinajstić information content (AvgIpc) is 3.08. The number of anilines is 1. The number of aryl methyl sites for hydroxylation is 2. The molecule has 6 heteroatoms. The molecule has 2 amide bonds. The molecule has 1 aromatic carbocycles. The van der Waals surface area contributed by atoms with Gasteiger partial charge < -0.3 is 15.4 Å². The molecule has 6 nitrogen and oxygen atoms in total. The molecule has 3 rings (SSSR count). The van der Waals surface area contributed by atoms with Crippen molar-refractivity contribution in [1.29, 1.82) is 0 Å². The highest BCUT2D eigenvalue weighted by molar-refractivity contribution is 5.92. The summed E-state index contributed by atoms with van der Waals surface area (Å²) in [6, 6.07) is 5.67. The van der Waals surface area contributed by atoms with Crippen molar-refractivity contribution in [2.24, 2.45) is 0 Å². The van der Waals surface area contributed by atoms with Crippen LogP contribution in [0.1, 0.15) is 24.5 Å². The molecule has 1 atom stereocenters. The van der Waals surface area contributed by atoms with E-state index in [1.165, 1.54) is 0 Å². The smallest absolute Gasteiger partial charge is 0.319 e. The van der Waals surface area contributed by atoms with E-state index in [4.69, 9.17) is 4.74 Å². The molecule has 2 heterocycles. The van der Waals surface area contributed by atoms with E-state index in [9.17, 15) is 4.79 Å². The second-order valence-electron chi connectivity index (χ2n) is 6.43. The maximum atomic E-state index is 12.4. The van der Waals surface area contributed by atoms with Crippen LogP contribution in [-0.2, 0) is 4.74 Å². The minimum atomic E-state index is -0.309. The third kappa shape index (κ3) is 3.53. The molecular formula is C17H22N4O2. The van der Waals surface area contributed by atoms with E-state index in [0.717, 1.165) is 28.9 Å². The maximum absolute atomic E-state index is 12.4. The molecule has 1 saturated heterocycles. The van der Waals surface area contributed by atoms with Gasteiger partial charge in [-0.3, -0.25) is 0 Å². The number of benzene rings is 1. The molecule has 1 fully saturated rings. The predicted octanol–water partition coefficient (Wildman–Crippen LogP) is 2.79. The molecule has 122 valence electrons. The molecule has 1 aromatic heterocycles. The zero-order valence-corrected chi connectivity index (χ0v) is 13.7. The second kappa shape index (κ2) is 6.04. The van der Waals surface area contributed by atoms with Crippen LogP contribution in [0.4, 0.5) is 10.5 Å². The fourth-order valence-corrected chi connectivity index (χ4v) is 2.69. The van der Waals surface area contributed by atoms with Crippen molar-refractivity contribution in [3.8, 4) is 5.69 Å². The highest BCUT2D eigenvalue weighted by Crippen LogP contribution is 2.23. The first-order valence-electron chi connectivity index (χ1n) is 7.74. The van der Waals surface area contributed by atoms with Gasteiger partial charge >= 0.3 is 6.03 Å². The third-order valence-corrected chi connectivity index (χ3v) is 3.99. The summed E-state index contributed by atoms with van der Waals surface area (Å²) >= 11 is 0. The predicted molar refractivity (Wildman–Crippen MR) is 89.0 cm³/mol. The first-order valence-corrected chi connectivity index (χ1v) is 7.74. The Morgan fingerprint density at radius 3 is 2.83 bits per heavy atom. The van der Waals surface area contributed by atoms with Gasteiger partial charge in [0.2, 0.25) is 0 Å². The van der Waals surface area contributed by atoms with Crippen LogP contribution in [0.2, 0.25) is 0 Å². The van der Waals surface area contributed by atoms with Crippen LogP contribution in [0.3, 0.4) is 0 Å². The summed E-state index contributed by atoms with van der Waals surface area (Å²) in [5.41, 5.74) is 3.40. The largest absolute Gasteiger partial charge is 0.379 e. The standard InChI is InChI=1S/C17H22N4O2/c1-12-4-5-15(21-10-13(2)9-18-21)14(8-12)19-16(22)20-17(3)6-7-23-11-17/h4-5,8-10H,6-7,11H2,1-3H3,(H2,19,20,22)/t17-/m0/s1. The number of amides is 2. The Kier molecular flexibility index (Phi) is 4.09. The quantitative estimate of drug-likeness (QED) is 0.915. The fraction of sp³-hybridized carbons (Fsp3) is 0.412. The van der Waals surface area contributed by atoms with Gasteiger partial charge in [0.15, 0.2) is 0 Å². The summed E-state index contributed by atoms with van der Waals surface area (Å²) < 4.78 is 7.14. The first kappa shape index (κ1) is 15.6. The van der Waals surface area contributed by atoms with Gasteiger partial charge in [0.1, 0.15) is 0 Å². The minimum Gasteiger partial charge on any atom is -0.379 e. The van der Waals surface area contributed by atoms with Crippen LogP contribution >= 0.6 is 0 Å². The molecule has 2 aromatic rings. The van der Waals surface area contributed by atoms with E-state index in [2.05, 4.69) is 15.7 Å². The summed E-state index contributed by atoms with van der Waals surface area (Å²) in [5, 5.41) is 10.3. The Hall–Kier alpha value is -2.34. The van der Waals surface area contributed by atoms with Crippen molar-refractivity contribution in [2.45, 2.75) is 32.7 Å². The minimum absolute atomic E-state index is 0.228. The summed E-state index contributed by atoms with van der Waals surface area (Å²) in [5.74, 6) is 0. The monoisotopic (exact) mass is 314 g/mol. The van der Waals surface area contributed by atoms with Crippen LogP contribution < -0.4 is 10.6 Å². The van der Waals surface area contributed by atoms with Crippen LogP contribution in [0.15, 0.2) is 30.6 Å². The van der Waals surface area contributed by atoms with Crippen LogP contribution in [0.5, 0.6) is 0 Å². The Bertz CT molecular complexity index is 717. The Morgan fingerprint density at radius 1 is 1.35 bits per heavy atom. The molecule has 0 spiro atoms. The highest BCUT2D eigenvalue weighted by atomic mass is 16.5. The summed E-state index contributed by atoms with van der Waals surface area (Å²) in [6.07, 6.45) is 4.54. The van der Waals surface area contributed by atoms with Gasteiger partial charge in [-0.05, 0) is 50.5 Å². The van der Waals surface area contributed by atoms with Gasteiger partial charge in [-0.1, -0.05) is 6.07 Å². The van der Waals surface area contributed by atoms with E-state index in [1.54, 1.807) is 10.9 Å². The summed E-state index contributed by atoms with van der Waals surface area (Å²) in [7, 11) is 0. The average molecular weight is 314 g/mol.